The van der Waals surface area contributed by atoms with E-state index in [2.05, 4.69) is 15.6 Å². The minimum atomic E-state index is -0.936. The fraction of sp³-hybridized carbons (Fsp3) is 0.457. The first-order valence-electron chi connectivity index (χ1n) is 20.0. The van der Waals surface area contributed by atoms with Crippen molar-refractivity contribution in [2.75, 3.05) is 11.9 Å². The van der Waals surface area contributed by atoms with Crippen molar-refractivity contribution in [3.05, 3.63) is 94.5 Å². The van der Waals surface area contributed by atoms with Crippen LogP contribution < -0.4 is 15.4 Å². The van der Waals surface area contributed by atoms with E-state index < -0.39 is 40.9 Å². The molecule has 0 saturated carbocycles. The molecule has 1 atom stereocenters. The third kappa shape index (κ3) is 16.0. The predicted molar refractivity (Wildman–Crippen MR) is 227 cm³/mol. The van der Waals surface area contributed by atoms with Crippen LogP contribution in [0.5, 0.6) is 5.75 Å². The third-order valence-electron chi connectivity index (χ3n) is 8.73. The van der Waals surface area contributed by atoms with Gasteiger partial charge in [0.25, 0.3) is 0 Å². The van der Waals surface area contributed by atoms with Gasteiger partial charge in [0.2, 0.25) is 11.9 Å². The Morgan fingerprint density at radius 1 is 0.767 bits per heavy atom. The average Bonchev–Trinajstić information content (AvgIpc) is 3.09. The normalized spacial score (nSPS) is 14.2. The molecule has 3 amide bonds. The molecule has 3 aromatic carbocycles. The lowest BCUT2D eigenvalue weighted by molar-refractivity contribution is -0.159. The molecule has 1 aliphatic carbocycles. The van der Waals surface area contributed by atoms with Crippen LogP contribution in [0.1, 0.15) is 127 Å². The van der Waals surface area contributed by atoms with Crippen LogP contribution in [0.2, 0.25) is 0 Å². The topological polar surface area (TPSA) is 179 Å². The van der Waals surface area contributed by atoms with Crippen molar-refractivity contribution in [1.82, 2.24) is 10.2 Å². The second-order valence-corrected chi connectivity index (χ2v) is 17.8. The largest absolute Gasteiger partial charge is 0.459 e. The molecule has 1 aliphatic rings. The second-order valence-electron chi connectivity index (χ2n) is 17.8. The second kappa shape index (κ2) is 19.8. The number of nitrogens with zero attached hydrogens (tertiary/aromatic N) is 2. The van der Waals surface area contributed by atoms with Crippen LogP contribution in [0.4, 0.5) is 15.3 Å². The molecule has 14 heteroatoms. The van der Waals surface area contributed by atoms with Gasteiger partial charge in [-0.3, -0.25) is 19.7 Å². The van der Waals surface area contributed by atoms with Gasteiger partial charge in [0.05, 0.1) is 5.56 Å². The van der Waals surface area contributed by atoms with Crippen LogP contribution in [0, 0.1) is 0 Å². The number of ether oxygens (including phenoxy) is 4. The number of carbonyl (C=O) groups excluding carboxylic acids is 6. The quantitative estimate of drug-likeness (QED) is 0.0623. The van der Waals surface area contributed by atoms with Gasteiger partial charge in [0, 0.05) is 25.1 Å². The van der Waals surface area contributed by atoms with E-state index in [1.807, 2.05) is 36.4 Å². The molecule has 0 aliphatic heterocycles. The minimum Gasteiger partial charge on any atom is -0.459 e. The summed E-state index contributed by atoms with van der Waals surface area (Å²) in [5, 5.41) is 5.27. The Labute approximate surface area is 352 Å². The zero-order valence-electron chi connectivity index (χ0n) is 36.4. The fourth-order valence-corrected chi connectivity index (χ4v) is 6.39. The van der Waals surface area contributed by atoms with Gasteiger partial charge < -0.3 is 29.2 Å². The van der Waals surface area contributed by atoms with Crippen molar-refractivity contribution in [2.24, 2.45) is 4.99 Å². The standard InChI is InChI=1S/C46H58N4O10/c1-29(51)24-30-14-16-31(17-15-30)27-50(28-39(53)58-44(2,3)4)38(52)26-34-13-11-12-33-25-36(22-23-37(33)34)57-40(54)32-18-20-35(21-19-32)47-41(48-42(55)59-45(5,6)7)49-43(56)60-46(8,9)10/h14-23,25,34H,11-13,24,26-28H2,1-10H3,(H2,47,48,49,55,56). The van der Waals surface area contributed by atoms with Crippen molar-refractivity contribution in [3.63, 3.8) is 0 Å². The molecule has 0 spiro atoms. The lowest BCUT2D eigenvalue weighted by atomic mass is 9.80. The zero-order chi connectivity index (χ0) is 44.4. The summed E-state index contributed by atoms with van der Waals surface area (Å²) in [4.78, 5) is 82.0. The van der Waals surface area contributed by atoms with Crippen LogP contribution in [-0.4, -0.2) is 70.0 Å². The number of anilines is 1. The summed E-state index contributed by atoms with van der Waals surface area (Å²) in [6.07, 6.45) is 1.06. The van der Waals surface area contributed by atoms with Gasteiger partial charge in [-0.15, -0.1) is 4.99 Å². The molecule has 2 N–H and O–H groups in total. The van der Waals surface area contributed by atoms with E-state index in [9.17, 15) is 28.8 Å². The van der Waals surface area contributed by atoms with Gasteiger partial charge >= 0.3 is 24.1 Å². The first-order chi connectivity index (χ1) is 27.9. The molecule has 4 rings (SSSR count). The molecule has 3 aromatic rings. The minimum absolute atomic E-state index is 0.0548. The number of alkyl carbamates (subject to hydrolysis) is 1. The smallest absolute Gasteiger partial charge is 0.437 e. The molecule has 322 valence electrons. The van der Waals surface area contributed by atoms with E-state index in [1.165, 1.54) is 24.0 Å². The summed E-state index contributed by atoms with van der Waals surface area (Å²) in [5.41, 5.74) is 1.96. The number of nitrogens with one attached hydrogen (secondary N) is 2. The predicted octanol–water partition coefficient (Wildman–Crippen LogP) is 8.45. The average molecular weight is 827 g/mol. The van der Waals surface area contributed by atoms with Crippen LogP contribution >= 0.6 is 0 Å². The number of guanidine groups is 1. The van der Waals surface area contributed by atoms with Crippen LogP contribution in [0.3, 0.4) is 0 Å². The molecule has 0 saturated heterocycles. The lowest BCUT2D eigenvalue weighted by Gasteiger charge is -2.29. The van der Waals surface area contributed by atoms with Gasteiger partial charge in [0.15, 0.2) is 0 Å². The molecule has 1 unspecified atom stereocenters. The highest BCUT2D eigenvalue weighted by Crippen LogP contribution is 2.36. The molecule has 0 bridgehead atoms. The first kappa shape index (κ1) is 46.6. The molecule has 0 heterocycles. The van der Waals surface area contributed by atoms with E-state index in [0.717, 1.165) is 41.5 Å². The van der Waals surface area contributed by atoms with Crippen LogP contribution in [-0.2, 0) is 48.0 Å². The molecule has 0 aromatic heterocycles. The maximum absolute atomic E-state index is 13.9. The number of benzene rings is 3. The Hall–Kier alpha value is -6.05. The molecule has 0 fully saturated rings. The number of aryl methyl sites for hydroxylation is 1. The summed E-state index contributed by atoms with van der Waals surface area (Å²) in [5.74, 6) is -1.25. The maximum Gasteiger partial charge on any atom is 0.437 e. The van der Waals surface area contributed by atoms with E-state index in [0.29, 0.717) is 17.9 Å². The number of esters is 2. The van der Waals surface area contributed by atoms with Crippen molar-refractivity contribution < 1.29 is 47.7 Å². The van der Waals surface area contributed by atoms with Gasteiger partial charge in [-0.2, -0.15) is 0 Å². The number of hydrogen-bond donors (Lipinski definition) is 2. The molecular formula is C46H58N4O10. The van der Waals surface area contributed by atoms with Gasteiger partial charge in [-0.05, 0) is 153 Å². The monoisotopic (exact) mass is 826 g/mol. The summed E-state index contributed by atoms with van der Waals surface area (Å²) >= 11 is 0. The van der Waals surface area contributed by atoms with E-state index in [4.69, 9.17) is 18.9 Å². The number of fused-ring (bicyclic) bond motifs is 1. The Balaban J connectivity index is 1.44. The van der Waals surface area contributed by atoms with Gasteiger partial charge in [-0.25, -0.2) is 14.4 Å². The van der Waals surface area contributed by atoms with Crippen molar-refractivity contribution in [2.45, 2.75) is 131 Å². The number of carbonyl (C=O) groups is 6. The summed E-state index contributed by atoms with van der Waals surface area (Å²) in [6, 6.07) is 19.0. The van der Waals surface area contributed by atoms with Gasteiger partial charge in [-0.1, -0.05) is 30.3 Å². The summed E-state index contributed by atoms with van der Waals surface area (Å²) in [7, 11) is 0. The zero-order valence-corrected chi connectivity index (χ0v) is 36.4. The SMILES string of the molecule is CC(=O)Cc1ccc(CN(CC(=O)OC(C)(C)C)C(=O)CC2CCCc3cc(OC(=O)c4ccc(N/C(=N\C(=O)OC(C)(C)C)NC(=O)OC(C)(C)C)cc4)ccc32)cc1. The van der Waals surface area contributed by atoms with E-state index in [1.54, 1.807) is 80.5 Å². The van der Waals surface area contributed by atoms with E-state index >= 15 is 0 Å². The molecule has 14 nitrogen and oxygen atoms in total. The number of hydrogen-bond acceptors (Lipinski definition) is 10. The molecule has 0 radical (unpaired) electrons. The molecule has 60 heavy (non-hydrogen) atoms. The summed E-state index contributed by atoms with van der Waals surface area (Å²) in [6.45, 7) is 17.0. The number of rotatable bonds is 11. The Kier molecular flexibility index (Phi) is 15.4. The van der Waals surface area contributed by atoms with E-state index in [-0.39, 0.29) is 48.6 Å². The Bertz CT molecular complexity index is 2070. The highest BCUT2D eigenvalue weighted by atomic mass is 16.6. The van der Waals surface area contributed by atoms with Crippen molar-refractivity contribution in [3.8, 4) is 5.75 Å². The van der Waals surface area contributed by atoms with Crippen LogP contribution in [0.25, 0.3) is 0 Å². The maximum atomic E-state index is 13.9. The number of aliphatic imine (C=N–C) groups is 1. The summed E-state index contributed by atoms with van der Waals surface area (Å²) < 4.78 is 21.9. The van der Waals surface area contributed by atoms with Gasteiger partial charge in [0.1, 0.15) is 34.9 Å². The van der Waals surface area contributed by atoms with Crippen molar-refractivity contribution in [1.29, 1.82) is 0 Å². The lowest BCUT2D eigenvalue weighted by Crippen LogP contribution is -2.40. The third-order valence-corrected chi connectivity index (χ3v) is 8.73. The van der Waals surface area contributed by atoms with Crippen LogP contribution in [0.15, 0.2) is 71.7 Å². The Morgan fingerprint density at radius 2 is 1.38 bits per heavy atom. The molecular weight excluding hydrogens is 769 g/mol. The number of Topliss-reactive ketones (excluding diaryl/α,β-unsaturated/α-hetero) is 1. The fourth-order valence-electron chi connectivity index (χ4n) is 6.39. The van der Waals surface area contributed by atoms with Crippen molar-refractivity contribution >= 4 is 47.5 Å². The number of ketones is 1. The number of amides is 3. The highest BCUT2D eigenvalue weighted by molar-refractivity contribution is 6.06. The Morgan fingerprint density at radius 3 is 1.98 bits per heavy atom. The highest BCUT2D eigenvalue weighted by Gasteiger charge is 2.29. The first-order valence-corrected chi connectivity index (χ1v) is 20.0.